The summed E-state index contributed by atoms with van der Waals surface area (Å²) in [5.41, 5.74) is 1.70. The first kappa shape index (κ1) is 17.1. The Kier molecular flexibility index (Phi) is 4.96. The van der Waals surface area contributed by atoms with Gasteiger partial charge in [-0.05, 0) is 46.8 Å². The summed E-state index contributed by atoms with van der Waals surface area (Å²) in [4.78, 5) is 16.6. The molecule has 0 radical (unpaired) electrons. The van der Waals surface area contributed by atoms with E-state index >= 15 is 0 Å². The second-order valence-corrected chi connectivity index (χ2v) is 8.06. The van der Waals surface area contributed by atoms with Crippen molar-refractivity contribution in [2.75, 3.05) is 11.1 Å². The summed E-state index contributed by atoms with van der Waals surface area (Å²) in [5, 5.41) is 15.6. The van der Waals surface area contributed by atoms with Gasteiger partial charge < -0.3 is 5.32 Å². The Balaban J connectivity index is 1.42. The molecular weight excluding hydrogens is 436 g/mol. The Hall–Kier alpha value is -2.30. The normalized spacial score (nSPS) is 11.0. The monoisotopic (exact) mass is 446 g/mol. The van der Waals surface area contributed by atoms with Crippen LogP contribution in [0.25, 0.3) is 15.9 Å². The number of benzene rings is 2. The van der Waals surface area contributed by atoms with Gasteiger partial charge in [-0.3, -0.25) is 4.79 Å². The zero-order valence-electron chi connectivity index (χ0n) is 13.2. The fourth-order valence-electron chi connectivity index (χ4n) is 2.22. The van der Waals surface area contributed by atoms with Crippen LogP contribution in [0, 0.1) is 0 Å². The van der Waals surface area contributed by atoms with Crippen molar-refractivity contribution in [3.63, 3.8) is 0 Å². The third-order valence-electron chi connectivity index (χ3n) is 3.38. The molecule has 2 aromatic carbocycles. The van der Waals surface area contributed by atoms with E-state index in [0.29, 0.717) is 10.3 Å². The molecule has 4 aromatic rings. The molecule has 26 heavy (non-hydrogen) atoms. The first-order valence-electron chi connectivity index (χ1n) is 7.51. The van der Waals surface area contributed by atoms with Crippen LogP contribution in [-0.2, 0) is 4.79 Å². The Morgan fingerprint density at radius 3 is 2.81 bits per heavy atom. The lowest BCUT2D eigenvalue weighted by Crippen LogP contribution is -2.14. The van der Waals surface area contributed by atoms with Gasteiger partial charge in [-0.1, -0.05) is 51.2 Å². The molecule has 0 unspecified atom stereocenters. The molecule has 0 aliphatic heterocycles. The molecule has 2 aromatic heterocycles. The van der Waals surface area contributed by atoms with Crippen LogP contribution in [-0.4, -0.2) is 36.9 Å². The highest BCUT2D eigenvalue weighted by atomic mass is 79.9. The van der Waals surface area contributed by atoms with Crippen molar-refractivity contribution in [2.45, 2.75) is 5.16 Å². The van der Waals surface area contributed by atoms with Crippen molar-refractivity contribution in [1.29, 1.82) is 0 Å². The van der Waals surface area contributed by atoms with E-state index in [0.717, 1.165) is 20.4 Å². The maximum atomic E-state index is 12.2. The van der Waals surface area contributed by atoms with Crippen molar-refractivity contribution >= 4 is 60.3 Å². The van der Waals surface area contributed by atoms with Crippen LogP contribution in [0.5, 0.6) is 0 Å². The molecule has 0 atom stereocenters. The third-order valence-corrected chi connectivity index (χ3v) is 5.78. The number of anilines is 1. The molecule has 0 saturated carbocycles. The van der Waals surface area contributed by atoms with Crippen LogP contribution < -0.4 is 5.32 Å². The van der Waals surface area contributed by atoms with E-state index in [1.807, 2.05) is 48.5 Å². The number of rotatable bonds is 5. The molecule has 2 heterocycles. The zero-order valence-corrected chi connectivity index (χ0v) is 16.4. The number of thioether (sulfide) groups is 1. The van der Waals surface area contributed by atoms with Crippen LogP contribution in [0.4, 0.5) is 5.13 Å². The quantitative estimate of drug-likeness (QED) is 0.469. The number of halogens is 1. The number of amides is 1. The van der Waals surface area contributed by atoms with Gasteiger partial charge in [0.1, 0.15) is 0 Å². The van der Waals surface area contributed by atoms with Crippen LogP contribution >= 0.6 is 39.0 Å². The Morgan fingerprint density at radius 1 is 1.19 bits per heavy atom. The minimum atomic E-state index is -0.153. The highest BCUT2D eigenvalue weighted by molar-refractivity contribution is 9.10. The third kappa shape index (κ3) is 3.76. The maximum absolute atomic E-state index is 12.2. The molecule has 7 nitrogen and oxygen atoms in total. The average molecular weight is 447 g/mol. The van der Waals surface area contributed by atoms with Crippen molar-refractivity contribution in [3.8, 4) is 5.69 Å². The van der Waals surface area contributed by atoms with E-state index in [1.165, 1.54) is 23.1 Å². The highest BCUT2D eigenvalue weighted by Crippen LogP contribution is 2.26. The number of nitrogens with zero attached hydrogens (tertiary/aromatic N) is 5. The first-order chi connectivity index (χ1) is 12.7. The smallest absolute Gasteiger partial charge is 0.236 e. The summed E-state index contributed by atoms with van der Waals surface area (Å²) in [5.74, 6) is 0.0340. The van der Waals surface area contributed by atoms with Crippen molar-refractivity contribution < 1.29 is 4.79 Å². The molecule has 0 aliphatic carbocycles. The molecule has 0 bridgehead atoms. The second-order valence-electron chi connectivity index (χ2n) is 5.17. The predicted octanol–water partition coefficient (Wildman–Crippen LogP) is 3.77. The lowest BCUT2D eigenvalue weighted by molar-refractivity contribution is -0.113. The number of carbonyl (C=O) groups is 1. The number of hydrogen-bond donors (Lipinski definition) is 1. The highest BCUT2D eigenvalue weighted by Gasteiger charge is 2.13. The van der Waals surface area contributed by atoms with Gasteiger partial charge in [0.15, 0.2) is 5.13 Å². The van der Waals surface area contributed by atoms with Crippen molar-refractivity contribution in [1.82, 2.24) is 25.2 Å². The summed E-state index contributed by atoms with van der Waals surface area (Å²) in [6.45, 7) is 0. The number of thiazole rings is 1. The summed E-state index contributed by atoms with van der Waals surface area (Å²) in [6.07, 6.45) is 0. The van der Waals surface area contributed by atoms with E-state index in [9.17, 15) is 4.79 Å². The molecule has 130 valence electrons. The van der Waals surface area contributed by atoms with Gasteiger partial charge in [-0.25, -0.2) is 4.98 Å². The summed E-state index contributed by atoms with van der Waals surface area (Å²) in [7, 11) is 0. The summed E-state index contributed by atoms with van der Waals surface area (Å²) < 4.78 is 3.61. The Bertz CT molecular complexity index is 1030. The fraction of sp³-hybridized carbons (Fsp3) is 0.0625. The minimum absolute atomic E-state index is 0.153. The number of para-hydroxylation sites is 1. The van der Waals surface area contributed by atoms with Gasteiger partial charge in [0.25, 0.3) is 0 Å². The SMILES string of the molecule is O=C(CSc1nnnn1-c1ccc(Br)cc1)Nc1nc2ccccc2s1. The van der Waals surface area contributed by atoms with E-state index in [4.69, 9.17) is 0 Å². The average Bonchev–Trinajstić information content (AvgIpc) is 3.26. The molecule has 1 amide bonds. The largest absolute Gasteiger partial charge is 0.301 e. The molecule has 1 N–H and O–H groups in total. The van der Waals surface area contributed by atoms with E-state index in [1.54, 1.807) is 4.68 Å². The number of fused-ring (bicyclic) bond motifs is 1. The van der Waals surface area contributed by atoms with E-state index in [-0.39, 0.29) is 11.7 Å². The first-order valence-corrected chi connectivity index (χ1v) is 10.1. The molecule has 0 saturated heterocycles. The lowest BCUT2D eigenvalue weighted by Gasteiger charge is -2.04. The lowest BCUT2D eigenvalue weighted by atomic mass is 10.3. The van der Waals surface area contributed by atoms with Crippen LogP contribution in [0.2, 0.25) is 0 Å². The standard InChI is InChI=1S/C16H11BrN6OS2/c17-10-5-7-11(8-6-10)23-16(20-21-22-23)25-9-14(24)19-15-18-12-3-1-2-4-13(12)26-15/h1-8H,9H2,(H,18,19,24). The van der Waals surface area contributed by atoms with Crippen molar-refractivity contribution in [3.05, 3.63) is 53.0 Å². The molecular formula is C16H11BrN6OS2. The van der Waals surface area contributed by atoms with Gasteiger partial charge in [-0.2, -0.15) is 4.68 Å². The van der Waals surface area contributed by atoms with Crippen LogP contribution in [0.3, 0.4) is 0 Å². The number of carbonyl (C=O) groups excluding carboxylic acids is 1. The van der Waals surface area contributed by atoms with Gasteiger partial charge in [-0.15, -0.1) is 5.10 Å². The molecule has 4 rings (SSSR count). The van der Waals surface area contributed by atoms with Crippen LogP contribution in [0.1, 0.15) is 0 Å². The van der Waals surface area contributed by atoms with Crippen LogP contribution in [0.15, 0.2) is 58.2 Å². The van der Waals surface area contributed by atoms with E-state index in [2.05, 4.69) is 41.8 Å². The Morgan fingerprint density at radius 2 is 2.00 bits per heavy atom. The Labute approximate surface area is 165 Å². The fourth-order valence-corrected chi connectivity index (χ4v) is 4.06. The van der Waals surface area contributed by atoms with E-state index < -0.39 is 0 Å². The number of hydrogen-bond acceptors (Lipinski definition) is 7. The maximum Gasteiger partial charge on any atom is 0.236 e. The summed E-state index contributed by atoms with van der Waals surface area (Å²) in [6, 6.07) is 15.4. The molecule has 0 aliphatic rings. The van der Waals surface area contributed by atoms with Gasteiger partial charge in [0.05, 0.1) is 21.7 Å². The van der Waals surface area contributed by atoms with Gasteiger partial charge >= 0.3 is 0 Å². The van der Waals surface area contributed by atoms with Gasteiger partial charge in [0, 0.05) is 4.47 Å². The number of nitrogens with one attached hydrogen (secondary N) is 1. The second kappa shape index (κ2) is 7.52. The molecule has 0 spiro atoms. The predicted molar refractivity (Wildman–Crippen MR) is 106 cm³/mol. The number of tetrazole rings is 1. The summed E-state index contributed by atoms with van der Waals surface area (Å²) >= 11 is 6.11. The van der Waals surface area contributed by atoms with Crippen molar-refractivity contribution in [2.24, 2.45) is 0 Å². The topological polar surface area (TPSA) is 85.6 Å². The minimum Gasteiger partial charge on any atom is -0.301 e. The zero-order chi connectivity index (χ0) is 17.9. The molecule has 0 fully saturated rings. The molecule has 10 heteroatoms. The van der Waals surface area contributed by atoms with Gasteiger partial charge in [0.2, 0.25) is 11.1 Å². The number of aromatic nitrogens is 5.